The van der Waals surface area contributed by atoms with Crippen LogP contribution in [0.3, 0.4) is 0 Å². The number of hydrogen-bond donors (Lipinski definition) is 1. The van der Waals surface area contributed by atoms with Gasteiger partial charge in [0.2, 0.25) is 0 Å². The molecule has 0 saturated carbocycles. The maximum absolute atomic E-state index is 12.0. The molecule has 1 atom stereocenters. The van der Waals surface area contributed by atoms with Crippen LogP contribution in [0, 0.1) is 0 Å². The second kappa shape index (κ2) is 7.16. The topological polar surface area (TPSA) is 63.6 Å². The summed E-state index contributed by atoms with van der Waals surface area (Å²) in [7, 11) is 1.49. The second-order valence-electron chi connectivity index (χ2n) is 4.02. The number of aromatic nitrogens is 1. The van der Waals surface area contributed by atoms with E-state index in [0.717, 1.165) is 5.56 Å². The van der Waals surface area contributed by atoms with Gasteiger partial charge in [-0.2, -0.15) is 5.10 Å². The summed E-state index contributed by atoms with van der Waals surface area (Å²) in [6.45, 7) is 0. The number of pyridine rings is 1. The van der Waals surface area contributed by atoms with Crippen LogP contribution in [0.5, 0.6) is 0 Å². The molecule has 1 unspecified atom stereocenters. The molecular formula is C15H15N3O2. The van der Waals surface area contributed by atoms with E-state index in [4.69, 9.17) is 4.74 Å². The number of methoxy groups -OCH3 is 1. The number of amides is 1. The molecule has 102 valence electrons. The van der Waals surface area contributed by atoms with Crippen molar-refractivity contribution < 1.29 is 9.53 Å². The van der Waals surface area contributed by atoms with Crippen molar-refractivity contribution in [1.82, 2.24) is 10.4 Å². The van der Waals surface area contributed by atoms with E-state index in [-0.39, 0.29) is 5.91 Å². The van der Waals surface area contributed by atoms with Crippen LogP contribution in [0.1, 0.15) is 17.4 Å². The van der Waals surface area contributed by atoms with Crippen molar-refractivity contribution in [3.05, 3.63) is 66.0 Å². The summed E-state index contributed by atoms with van der Waals surface area (Å²) in [6, 6.07) is 14.7. The van der Waals surface area contributed by atoms with E-state index in [1.54, 1.807) is 12.3 Å². The molecule has 0 saturated heterocycles. The number of carbonyl (C=O) groups is 1. The normalized spacial score (nSPS) is 12.2. The summed E-state index contributed by atoms with van der Waals surface area (Å²) in [4.78, 5) is 16.1. The molecule has 1 heterocycles. The lowest BCUT2D eigenvalue weighted by atomic mass is 10.1. The first-order valence-electron chi connectivity index (χ1n) is 6.13. The van der Waals surface area contributed by atoms with Crippen molar-refractivity contribution >= 4 is 12.1 Å². The van der Waals surface area contributed by atoms with Crippen molar-refractivity contribution in [1.29, 1.82) is 0 Å². The molecule has 0 fully saturated rings. The molecule has 5 heteroatoms. The van der Waals surface area contributed by atoms with Gasteiger partial charge in [0, 0.05) is 13.3 Å². The first-order valence-corrected chi connectivity index (χ1v) is 6.13. The van der Waals surface area contributed by atoms with Gasteiger partial charge in [-0.05, 0) is 17.7 Å². The standard InChI is InChI=1S/C15H15N3O2/c1-20-14(12-7-3-2-4-8-12)15(19)18-17-11-13-9-5-6-10-16-13/h2-11,14H,1H3,(H,18,19)/b17-11+. The Balaban J connectivity index is 1.99. The van der Waals surface area contributed by atoms with E-state index >= 15 is 0 Å². The zero-order valence-corrected chi connectivity index (χ0v) is 11.1. The molecule has 0 aliphatic rings. The third-order valence-electron chi connectivity index (χ3n) is 2.64. The van der Waals surface area contributed by atoms with Gasteiger partial charge in [-0.15, -0.1) is 0 Å². The number of hydrogen-bond acceptors (Lipinski definition) is 4. The van der Waals surface area contributed by atoms with Crippen LogP contribution < -0.4 is 5.43 Å². The van der Waals surface area contributed by atoms with Crippen LogP contribution in [0.15, 0.2) is 59.8 Å². The quantitative estimate of drug-likeness (QED) is 0.666. The minimum absolute atomic E-state index is 0.328. The number of benzene rings is 1. The minimum Gasteiger partial charge on any atom is -0.367 e. The molecule has 2 rings (SSSR count). The SMILES string of the molecule is COC(C(=O)N/N=C/c1ccccn1)c1ccccc1. The van der Waals surface area contributed by atoms with Gasteiger partial charge < -0.3 is 4.74 Å². The molecular weight excluding hydrogens is 254 g/mol. The first kappa shape index (κ1) is 13.9. The zero-order valence-electron chi connectivity index (χ0n) is 11.1. The molecule has 5 nitrogen and oxygen atoms in total. The number of hydrazone groups is 1. The van der Waals surface area contributed by atoms with Gasteiger partial charge in [0.1, 0.15) is 0 Å². The van der Waals surface area contributed by atoms with Crippen LogP contribution in [0.2, 0.25) is 0 Å². The molecule has 20 heavy (non-hydrogen) atoms. The fourth-order valence-electron chi connectivity index (χ4n) is 1.70. The Bertz CT molecular complexity index is 570. The first-order chi connectivity index (χ1) is 9.81. The Morgan fingerprint density at radius 3 is 2.65 bits per heavy atom. The van der Waals surface area contributed by atoms with Crippen molar-refractivity contribution in [2.75, 3.05) is 7.11 Å². The smallest absolute Gasteiger partial charge is 0.273 e. The highest BCUT2D eigenvalue weighted by Gasteiger charge is 2.18. The van der Waals surface area contributed by atoms with Crippen molar-refractivity contribution in [2.45, 2.75) is 6.10 Å². The summed E-state index contributed by atoms with van der Waals surface area (Å²) in [6.07, 6.45) is 2.46. The van der Waals surface area contributed by atoms with Gasteiger partial charge >= 0.3 is 0 Å². The van der Waals surface area contributed by atoms with Crippen LogP contribution in [-0.2, 0) is 9.53 Å². The predicted molar refractivity (Wildman–Crippen MR) is 76.2 cm³/mol. The third-order valence-corrected chi connectivity index (χ3v) is 2.64. The van der Waals surface area contributed by atoms with Crippen LogP contribution in [-0.4, -0.2) is 24.2 Å². The van der Waals surface area contributed by atoms with E-state index in [0.29, 0.717) is 5.69 Å². The average molecular weight is 269 g/mol. The van der Waals surface area contributed by atoms with E-state index in [1.807, 2.05) is 42.5 Å². The van der Waals surface area contributed by atoms with Crippen LogP contribution in [0.4, 0.5) is 0 Å². The van der Waals surface area contributed by atoms with E-state index in [2.05, 4.69) is 15.5 Å². The Morgan fingerprint density at radius 1 is 1.25 bits per heavy atom. The fraction of sp³-hybridized carbons (Fsp3) is 0.133. The average Bonchev–Trinajstić information content (AvgIpc) is 2.50. The predicted octanol–water partition coefficient (Wildman–Crippen LogP) is 1.92. The largest absolute Gasteiger partial charge is 0.367 e. The maximum Gasteiger partial charge on any atom is 0.273 e. The summed E-state index contributed by atoms with van der Waals surface area (Å²) < 4.78 is 5.20. The van der Waals surface area contributed by atoms with Gasteiger partial charge in [0.15, 0.2) is 6.10 Å². The molecule has 0 radical (unpaired) electrons. The summed E-state index contributed by atoms with van der Waals surface area (Å²) in [5.41, 5.74) is 3.89. The van der Waals surface area contributed by atoms with E-state index in [1.165, 1.54) is 13.3 Å². The lowest BCUT2D eigenvalue weighted by Crippen LogP contribution is -2.26. The summed E-state index contributed by atoms with van der Waals surface area (Å²) >= 11 is 0. The molecule has 0 aliphatic heterocycles. The molecule has 1 aromatic carbocycles. The molecule has 1 amide bonds. The Labute approximate surface area is 117 Å². The van der Waals surface area contributed by atoms with Gasteiger partial charge in [-0.3, -0.25) is 9.78 Å². The van der Waals surface area contributed by atoms with Crippen LogP contribution >= 0.6 is 0 Å². The molecule has 1 N–H and O–H groups in total. The number of ether oxygens (including phenoxy) is 1. The van der Waals surface area contributed by atoms with Gasteiger partial charge in [0.05, 0.1) is 11.9 Å². The lowest BCUT2D eigenvalue weighted by Gasteiger charge is -2.13. The number of nitrogens with zero attached hydrogens (tertiary/aromatic N) is 2. The van der Waals surface area contributed by atoms with Crippen LogP contribution in [0.25, 0.3) is 0 Å². The number of carbonyl (C=O) groups excluding carboxylic acids is 1. The van der Waals surface area contributed by atoms with Crippen molar-refractivity contribution in [3.63, 3.8) is 0 Å². The zero-order chi connectivity index (χ0) is 14.2. The molecule has 0 bridgehead atoms. The van der Waals surface area contributed by atoms with Gasteiger partial charge in [0.25, 0.3) is 5.91 Å². The summed E-state index contributed by atoms with van der Waals surface area (Å²) in [5, 5.41) is 3.87. The van der Waals surface area contributed by atoms with E-state index < -0.39 is 6.10 Å². The molecule has 2 aromatic rings. The van der Waals surface area contributed by atoms with Crippen molar-refractivity contribution in [2.24, 2.45) is 5.10 Å². The Morgan fingerprint density at radius 2 is 2.00 bits per heavy atom. The highest BCUT2D eigenvalue weighted by molar-refractivity contribution is 5.84. The minimum atomic E-state index is -0.683. The lowest BCUT2D eigenvalue weighted by molar-refractivity contribution is -0.131. The van der Waals surface area contributed by atoms with Crippen molar-refractivity contribution in [3.8, 4) is 0 Å². The van der Waals surface area contributed by atoms with Gasteiger partial charge in [-0.1, -0.05) is 36.4 Å². The second-order valence-corrected chi connectivity index (χ2v) is 4.02. The Hall–Kier alpha value is -2.53. The Kier molecular flexibility index (Phi) is 4.97. The monoisotopic (exact) mass is 269 g/mol. The molecule has 0 aliphatic carbocycles. The highest BCUT2D eigenvalue weighted by Crippen LogP contribution is 2.15. The van der Waals surface area contributed by atoms with Gasteiger partial charge in [-0.25, -0.2) is 5.43 Å². The fourth-order valence-corrected chi connectivity index (χ4v) is 1.70. The molecule has 0 spiro atoms. The van der Waals surface area contributed by atoms with E-state index in [9.17, 15) is 4.79 Å². The maximum atomic E-state index is 12.0. The third kappa shape index (κ3) is 3.73. The summed E-state index contributed by atoms with van der Waals surface area (Å²) in [5.74, 6) is -0.328. The highest BCUT2D eigenvalue weighted by atomic mass is 16.5. The number of rotatable bonds is 5. The number of nitrogens with one attached hydrogen (secondary N) is 1. The molecule has 1 aromatic heterocycles.